The number of imidazole rings is 1. The largest absolute Gasteiger partial charge is 0.308 e. The fourth-order valence-electron chi connectivity index (χ4n) is 2.30. The van der Waals surface area contributed by atoms with E-state index in [1.807, 2.05) is 35.1 Å². The lowest BCUT2D eigenvalue weighted by Gasteiger charge is -2.06. The highest BCUT2D eigenvalue weighted by molar-refractivity contribution is 5.48. The van der Waals surface area contributed by atoms with E-state index in [1.165, 1.54) is 12.8 Å². The van der Waals surface area contributed by atoms with Crippen molar-refractivity contribution < 1.29 is 0 Å². The van der Waals surface area contributed by atoms with Crippen molar-refractivity contribution in [3.63, 3.8) is 0 Å². The smallest absolute Gasteiger partial charge is 0.176 e. The average molecular weight is 253 g/mol. The summed E-state index contributed by atoms with van der Waals surface area (Å²) in [5.41, 5.74) is 2.12. The normalized spacial score (nSPS) is 15.2. The molecule has 1 saturated carbocycles. The number of nitrogens with one attached hydrogen (secondary N) is 1. The van der Waals surface area contributed by atoms with E-state index in [4.69, 9.17) is 0 Å². The molecule has 0 amide bonds. The van der Waals surface area contributed by atoms with Crippen molar-refractivity contribution in [2.75, 3.05) is 0 Å². The van der Waals surface area contributed by atoms with Gasteiger partial charge in [0.05, 0.1) is 5.69 Å². The van der Waals surface area contributed by atoms with E-state index in [1.54, 1.807) is 6.20 Å². The zero-order valence-corrected chi connectivity index (χ0v) is 10.5. The number of hydrogen-bond donors (Lipinski definition) is 1. The maximum absolute atomic E-state index is 4.68. The summed E-state index contributed by atoms with van der Waals surface area (Å²) in [5, 5.41) is 7.85. The van der Waals surface area contributed by atoms with E-state index in [9.17, 15) is 0 Å². The number of rotatable bonds is 4. The molecular weight excluding hydrogens is 238 g/mol. The molecule has 0 spiro atoms. The maximum atomic E-state index is 4.68. The van der Waals surface area contributed by atoms with Gasteiger partial charge in [0.2, 0.25) is 0 Å². The molecule has 4 rings (SSSR count). The Morgan fingerprint density at radius 3 is 2.95 bits per heavy atom. The summed E-state index contributed by atoms with van der Waals surface area (Å²) >= 11 is 0. The quantitative estimate of drug-likeness (QED) is 0.771. The molecule has 3 aromatic heterocycles. The molecule has 0 unspecified atom stereocenters. The lowest BCUT2D eigenvalue weighted by molar-refractivity contribution is 0.662. The third kappa shape index (κ3) is 1.92. The van der Waals surface area contributed by atoms with Gasteiger partial charge < -0.3 is 9.72 Å². The van der Waals surface area contributed by atoms with E-state index < -0.39 is 0 Å². The van der Waals surface area contributed by atoms with Crippen LogP contribution in [0.2, 0.25) is 0 Å². The molecule has 5 heteroatoms. The Balaban J connectivity index is 1.82. The van der Waals surface area contributed by atoms with Gasteiger partial charge in [0.25, 0.3) is 0 Å². The molecule has 1 fully saturated rings. The second kappa shape index (κ2) is 4.20. The predicted octanol–water partition coefficient (Wildman–Crippen LogP) is 1.77. The van der Waals surface area contributed by atoms with Crippen LogP contribution >= 0.6 is 0 Å². The molecule has 3 heterocycles. The van der Waals surface area contributed by atoms with Crippen LogP contribution in [0.5, 0.6) is 0 Å². The average Bonchev–Trinajstić information content (AvgIpc) is 2.99. The van der Waals surface area contributed by atoms with Gasteiger partial charge in [-0.15, -0.1) is 0 Å². The summed E-state index contributed by atoms with van der Waals surface area (Å²) in [5.74, 6) is 0.907. The lowest BCUT2D eigenvalue weighted by Crippen LogP contribution is -2.18. The molecule has 0 bridgehead atoms. The van der Waals surface area contributed by atoms with Crippen molar-refractivity contribution in [2.24, 2.45) is 0 Å². The van der Waals surface area contributed by atoms with Crippen molar-refractivity contribution in [1.29, 1.82) is 0 Å². The minimum absolute atomic E-state index is 0.680. The molecule has 19 heavy (non-hydrogen) atoms. The highest BCUT2D eigenvalue weighted by Gasteiger charge is 2.22. The second-order valence-electron chi connectivity index (χ2n) is 4.92. The van der Waals surface area contributed by atoms with Gasteiger partial charge in [0, 0.05) is 31.2 Å². The van der Waals surface area contributed by atoms with Crippen LogP contribution in [0.25, 0.3) is 11.5 Å². The lowest BCUT2D eigenvalue weighted by atomic mass is 10.4. The minimum Gasteiger partial charge on any atom is -0.308 e. The van der Waals surface area contributed by atoms with Crippen LogP contribution in [0.4, 0.5) is 0 Å². The van der Waals surface area contributed by atoms with Gasteiger partial charge in [0.15, 0.2) is 5.82 Å². The molecule has 1 N–H and O–H groups in total. The Bertz CT molecular complexity index is 694. The van der Waals surface area contributed by atoms with Crippen LogP contribution in [-0.4, -0.2) is 25.2 Å². The number of nitrogens with zero attached hydrogens (tertiary/aromatic N) is 4. The van der Waals surface area contributed by atoms with Gasteiger partial charge in [-0.25, -0.2) is 9.67 Å². The van der Waals surface area contributed by atoms with E-state index in [0.717, 1.165) is 23.7 Å². The van der Waals surface area contributed by atoms with Gasteiger partial charge in [-0.3, -0.25) is 0 Å². The number of aromatic nitrogens is 4. The molecule has 1 aliphatic rings. The van der Waals surface area contributed by atoms with E-state index in [-0.39, 0.29) is 0 Å². The van der Waals surface area contributed by atoms with Gasteiger partial charge >= 0.3 is 0 Å². The van der Waals surface area contributed by atoms with Crippen LogP contribution in [0.15, 0.2) is 42.9 Å². The zero-order chi connectivity index (χ0) is 12.7. The molecule has 0 aliphatic heterocycles. The molecule has 1 aliphatic carbocycles. The van der Waals surface area contributed by atoms with Crippen LogP contribution in [0.3, 0.4) is 0 Å². The first-order chi connectivity index (χ1) is 9.42. The van der Waals surface area contributed by atoms with Crippen molar-refractivity contribution in [1.82, 2.24) is 24.5 Å². The summed E-state index contributed by atoms with van der Waals surface area (Å²) in [6.45, 7) is 0.824. The highest BCUT2D eigenvalue weighted by atomic mass is 15.3. The molecule has 0 atom stereocenters. The summed E-state index contributed by atoms with van der Waals surface area (Å²) in [7, 11) is 0. The van der Waals surface area contributed by atoms with E-state index >= 15 is 0 Å². The topological polar surface area (TPSA) is 47.1 Å². The molecule has 0 saturated heterocycles. The Morgan fingerprint density at radius 2 is 2.16 bits per heavy atom. The van der Waals surface area contributed by atoms with Crippen LogP contribution in [0.1, 0.15) is 18.5 Å². The van der Waals surface area contributed by atoms with Gasteiger partial charge in [0.1, 0.15) is 5.65 Å². The summed E-state index contributed by atoms with van der Waals surface area (Å²) in [4.78, 5) is 4.68. The minimum atomic E-state index is 0.680. The molecule has 96 valence electrons. The third-order valence-electron chi connectivity index (χ3n) is 3.46. The SMILES string of the molecule is c1ccn2c(CNC3CC3)c(-n3cccn3)nc2c1. The zero-order valence-electron chi connectivity index (χ0n) is 10.5. The summed E-state index contributed by atoms with van der Waals surface area (Å²) < 4.78 is 3.96. The summed E-state index contributed by atoms with van der Waals surface area (Å²) in [6, 6.07) is 8.66. The molecule has 3 aromatic rings. The van der Waals surface area contributed by atoms with Gasteiger partial charge in [-0.1, -0.05) is 6.07 Å². The van der Waals surface area contributed by atoms with Crippen molar-refractivity contribution in [3.8, 4) is 5.82 Å². The second-order valence-corrected chi connectivity index (χ2v) is 4.92. The molecule has 5 nitrogen and oxygen atoms in total. The molecular formula is C14H15N5. The number of pyridine rings is 1. The van der Waals surface area contributed by atoms with Crippen LogP contribution in [-0.2, 0) is 6.54 Å². The summed E-state index contributed by atoms with van der Waals surface area (Å²) in [6.07, 6.45) is 8.34. The first-order valence-corrected chi connectivity index (χ1v) is 6.61. The Morgan fingerprint density at radius 1 is 1.21 bits per heavy atom. The fraction of sp³-hybridized carbons (Fsp3) is 0.286. The van der Waals surface area contributed by atoms with E-state index in [0.29, 0.717) is 6.04 Å². The highest BCUT2D eigenvalue weighted by Crippen LogP contribution is 2.21. The van der Waals surface area contributed by atoms with E-state index in [2.05, 4.69) is 26.0 Å². The van der Waals surface area contributed by atoms with Crippen LogP contribution in [0, 0.1) is 0 Å². The van der Waals surface area contributed by atoms with Gasteiger partial charge in [-0.2, -0.15) is 5.10 Å². The number of fused-ring (bicyclic) bond motifs is 1. The Kier molecular flexibility index (Phi) is 2.38. The van der Waals surface area contributed by atoms with Crippen LogP contribution < -0.4 is 5.32 Å². The Labute approximate surface area is 110 Å². The van der Waals surface area contributed by atoms with Crippen molar-refractivity contribution in [2.45, 2.75) is 25.4 Å². The maximum Gasteiger partial charge on any atom is 0.176 e. The molecule has 0 aromatic carbocycles. The monoisotopic (exact) mass is 253 g/mol. The molecule has 0 radical (unpaired) electrons. The third-order valence-corrected chi connectivity index (χ3v) is 3.46. The first kappa shape index (κ1) is 10.8. The van der Waals surface area contributed by atoms with Crippen molar-refractivity contribution in [3.05, 3.63) is 48.5 Å². The predicted molar refractivity (Wildman–Crippen MR) is 72.2 cm³/mol. The van der Waals surface area contributed by atoms with Gasteiger partial charge in [-0.05, 0) is 31.0 Å². The fourth-order valence-corrected chi connectivity index (χ4v) is 2.30. The first-order valence-electron chi connectivity index (χ1n) is 6.61. The number of hydrogen-bond acceptors (Lipinski definition) is 3. The van der Waals surface area contributed by atoms with Crippen molar-refractivity contribution >= 4 is 5.65 Å². The standard InChI is InChI=1S/C14H15N5/c1-2-8-18-12(10-15-11-5-6-11)14(17-13(18)4-1)19-9-3-7-16-19/h1-4,7-9,11,15H,5-6,10H2. The Hall–Kier alpha value is -2.14.